The summed E-state index contributed by atoms with van der Waals surface area (Å²) in [4.78, 5) is 11.8. The monoisotopic (exact) mass is 287 g/mol. The summed E-state index contributed by atoms with van der Waals surface area (Å²) in [7, 11) is 1.87. The number of nitrogens with zero attached hydrogens (tertiary/aromatic N) is 2. The Morgan fingerprint density at radius 2 is 2.10 bits per heavy atom. The van der Waals surface area contributed by atoms with E-state index in [0.717, 1.165) is 23.2 Å². The minimum absolute atomic E-state index is 0.00708. The lowest BCUT2D eigenvalue weighted by molar-refractivity contribution is 0.252. The van der Waals surface area contributed by atoms with Gasteiger partial charge < -0.3 is 16.4 Å². The van der Waals surface area contributed by atoms with Crippen LogP contribution in [0.2, 0.25) is 0 Å². The quantitative estimate of drug-likeness (QED) is 0.784. The van der Waals surface area contributed by atoms with Gasteiger partial charge in [0.2, 0.25) is 0 Å². The predicted molar refractivity (Wildman–Crippen MR) is 83.0 cm³/mol. The lowest BCUT2D eigenvalue weighted by Crippen LogP contribution is -2.30. The van der Waals surface area contributed by atoms with Gasteiger partial charge in [0.25, 0.3) is 0 Å². The van der Waals surface area contributed by atoms with Gasteiger partial charge >= 0.3 is 6.03 Å². The molecule has 0 radical (unpaired) electrons. The molecule has 0 aliphatic carbocycles. The molecule has 21 heavy (non-hydrogen) atoms. The number of anilines is 1. The number of amides is 2. The summed E-state index contributed by atoms with van der Waals surface area (Å²) in [5, 5.41) is 9.68. The number of carbonyl (C=O) groups is 1. The third-order valence-electron chi connectivity index (χ3n) is 3.15. The number of carbonyl (C=O) groups excluding carboxylic acids is 1. The highest BCUT2D eigenvalue weighted by atomic mass is 16.2. The van der Waals surface area contributed by atoms with Crippen molar-refractivity contribution in [2.24, 2.45) is 12.8 Å². The highest BCUT2D eigenvalue weighted by molar-refractivity contribution is 5.89. The second kappa shape index (κ2) is 6.90. The van der Waals surface area contributed by atoms with Crippen LogP contribution in [0.5, 0.6) is 0 Å². The maximum absolute atomic E-state index is 11.8. The van der Waals surface area contributed by atoms with E-state index in [0.29, 0.717) is 6.54 Å². The summed E-state index contributed by atoms with van der Waals surface area (Å²) in [5.41, 5.74) is 8.67. The summed E-state index contributed by atoms with van der Waals surface area (Å²) in [6.45, 7) is 2.49. The van der Waals surface area contributed by atoms with Crippen LogP contribution in [0.3, 0.4) is 0 Å². The summed E-state index contributed by atoms with van der Waals surface area (Å²) in [6, 6.07) is 7.30. The Balaban J connectivity index is 1.76. The molecule has 0 aliphatic heterocycles. The molecule has 2 rings (SSSR count). The van der Waals surface area contributed by atoms with E-state index < -0.39 is 0 Å². The van der Waals surface area contributed by atoms with Gasteiger partial charge in [-0.2, -0.15) is 5.10 Å². The van der Waals surface area contributed by atoms with E-state index in [1.165, 1.54) is 0 Å². The van der Waals surface area contributed by atoms with Gasteiger partial charge in [0.15, 0.2) is 0 Å². The molecular weight excluding hydrogens is 266 g/mol. The molecule has 0 saturated carbocycles. The topological polar surface area (TPSA) is 85.0 Å². The van der Waals surface area contributed by atoms with Crippen LogP contribution in [0, 0.1) is 0 Å². The molecule has 1 unspecified atom stereocenters. The number of aryl methyl sites for hydroxylation is 1. The molecular formula is C15H21N5O. The van der Waals surface area contributed by atoms with Crippen LogP contribution in [0.4, 0.5) is 10.5 Å². The summed E-state index contributed by atoms with van der Waals surface area (Å²) in [5.74, 6) is 0. The zero-order chi connectivity index (χ0) is 15.2. The molecule has 6 heteroatoms. The molecule has 1 heterocycles. The van der Waals surface area contributed by atoms with Crippen LogP contribution in [0.25, 0.3) is 0 Å². The van der Waals surface area contributed by atoms with E-state index in [9.17, 15) is 4.79 Å². The third-order valence-corrected chi connectivity index (χ3v) is 3.15. The zero-order valence-corrected chi connectivity index (χ0v) is 12.3. The Hall–Kier alpha value is -2.34. The fraction of sp³-hybridized carbons (Fsp3) is 0.333. The molecule has 4 N–H and O–H groups in total. The number of nitrogens with two attached hydrogens (primary N) is 1. The lowest BCUT2D eigenvalue weighted by Gasteiger charge is -2.09. The van der Waals surface area contributed by atoms with Gasteiger partial charge in [-0.15, -0.1) is 0 Å². The minimum Gasteiger partial charge on any atom is -0.338 e. The average molecular weight is 287 g/mol. The van der Waals surface area contributed by atoms with Crippen molar-refractivity contribution in [2.45, 2.75) is 19.4 Å². The maximum atomic E-state index is 11.8. The number of hydrogen-bond donors (Lipinski definition) is 3. The van der Waals surface area contributed by atoms with E-state index in [2.05, 4.69) is 15.7 Å². The first-order valence-corrected chi connectivity index (χ1v) is 6.92. The van der Waals surface area contributed by atoms with Crippen molar-refractivity contribution in [3.05, 3.63) is 47.8 Å². The van der Waals surface area contributed by atoms with Gasteiger partial charge in [0.05, 0.1) is 6.20 Å². The highest BCUT2D eigenvalue weighted by Crippen LogP contribution is 2.13. The summed E-state index contributed by atoms with van der Waals surface area (Å²) in [6.07, 6.45) is 4.49. The fourth-order valence-electron chi connectivity index (χ4n) is 1.97. The van der Waals surface area contributed by atoms with Crippen molar-refractivity contribution < 1.29 is 4.79 Å². The molecule has 0 saturated heterocycles. The average Bonchev–Trinajstić information content (AvgIpc) is 2.85. The number of rotatable bonds is 5. The van der Waals surface area contributed by atoms with E-state index >= 15 is 0 Å². The first-order valence-electron chi connectivity index (χ1n) is 6.92. The first kappa shape index (κ1) is 15.1. The van der Waals surface area contributed by atoms with Gasteiger partial charge in [-0.3, -0.25) is 4.68 Å². The third kappa shape index (κ3) is 4.61. The zero-order valence-electron chi connectivity index (χ0n) is 12.3. The second-order valence-corrected chi connectivity index (χ2v) is 5.06. The molecule has 1 atom stereocenters. The van der Waals surface area contributed by atoms with Crippen molar-refractivity contribution in [1.82, 2.24) is 15.1 Å². The van der Waals surface area contributed by atoms with Gasteiger partial charge in [-0.25, -0.2) is 4.79 Å². The molecule has 2 amide bonds. The lowest BCUT2D eigenvalue weighted by atomic mass is 10.1. The first-order chi connectivity index (χ1) is 10.0. The van der Waals surface area contributed by atoms with Gasteiger partial charge in [0, 0.05) is 31.5 Å². The Bertz CT molecular complexity index is 588. The van der Waals surface area contributed by atoms with Gasteiger partial charge in [-0.1, -0.05) is 12.1 Å². The van der Waals surface area contributed by atoms with E-state index in [-0.39, 0.29) is 12.1 Å². The maximum Gasteiger partial charge on any atom is 0.319 e. The van der Waals surface area contributed by atoms with Crippen LogP contribution in [-0.2, 0) is 13.5 Å². The van der Waals surface area contributed by atoms with Crippen molar-refractivity contribution >= 4 is 11.7 Å². The molecule has 0 bridgehead atoms. The molecule has 1 aromatic carbocycles. The Morgan fingerprint density at radius 1 is 1.38 bits per heavy atom. The normalized spacial score (nSPS) is 12.0. The molecule has 112 valence electrons. The fourth-order valence-corrected chi connectivity index (χ4v) is 1.97. The van der Waals surface area contributed by atoms with E-state index in [1.807, 2.05) is 44.4 Å². The number of hydrogen-bond acceptors (Lipinski definition) is 3. The predicted octanol–water partition coefficient (Wildman–Crippen LogP) is 1.80. The molecule has 1 aromatic heterocycles. The molecule has 6 nitrogen and oxygen atoms in total. The SMILES string of the molecule is CC(N)c1ccc(NC(=O)NCCc2cnn(C)c2)cc1. The Labute approximate surface area is 124 Å². The standard InChI is InChI=1S/C15H21N5O/c1-11(16)13-3-5-14(6-4-13)19-15(21)17-8-7-12-9-18-20(2)10-12/h3-6,9-11H,7-8,16H2,1-2H3,(H2,17,19,21). The highest BCUT2D eigenvalue weighted by Gasteiger charge is 2.03. The summed E-state index contributed by atoms with van der Waals surface area (Å²) >= 11 is 0. The van der Waals surface area contributed by atoms with Gasteiger partial charge in [0.1, 0.15) is 0 Å². The van der Waals surface area contributed by atoms with Crippen LogP contribution >= 0.6 is 0 Å². The van der Waals surface area contributed by atoms with Crippen LogP contribution < -0.4 is 16.4 Å². The molecule has 0 spiro atoms. The minimum atomic E-state index is -0.215. The Morgan fingerprint density at radius 3 is 2.67 bits per heavy atom. The van der Waals surface area contributed by atoms with Crippen LogP contribution in [-0.4, -0.2) is 22.4 Å². The number of nitrogens with one attached hydrogen (secondary N) is 2. The second-order valence-electron chi connectivity index (χ2n) is 5.06. The number of benzene rings is 1. The van der Waals surface area contributed by atoms with Crippen LogP contribution in [0.1, 0.15) is 24.1 Å². The van der Waals surface area contributed by atoms with E-state index in [4.69, 9.17) is 5.73 Å². The van der Waals surface area contributed by atoms with Crippen molar-refractivity contribution in [2.75, 3.05) is 11.9 Å². The molecule has 0 aliphatic rings. The van der Waals surface area contributed by atoms with Crippen molar-refractivity contribution in [3.63, 3.8) is 0 Å². The Kier molecular flexibility index (Phi) is 4.94. The summed E-state index contributed by atoms with van der Waals surface area (Å²) < 4.78 is 1.75. The van der Waals surface area contributed by atoms with Crippen molar-refractivity contribution in [3.8, 4) is 0 Å². The number of aromatic nitrogens is 2. The van der Waals surface area contributed by atoms with Gasteiger partial charge in [-0.05, 0) is 36.6 Å². The van der Waals surface area contributed by atoms with Crippen molar-refractivity contribution in [1.29, 1.82) is 0 Å². The van der Waals surface area contributed by atoms with E-state index in [1.54, 1.807) is 10.9 Å². The smallest absolute Gasteiger partial charge is 0.319 e. The molecule has 0 fully saturated rings. The van der Waals surface area contributed by atoms with Crippen LogP contribution in [0.15, 0.2) is 36.7 Å². The molecule has 2 aromatic rings. The number of urea groups is 1. The largest absolute Gasteiger partial charge is 0.338 e.